The summed E-state index contributed by atoms with van der Waals surface area (Å²) in [6, 6.07) is -1.34. The normalized spacial score (nSPS) is 35.0. The molecule has 2 fully saturated rings. The Morgan fingerprint density at radius 2 is 1.55 bits per heavy atom. The van der Waals surface area contributed by atoms with Crippen LogP contribution >= 0.6 is 0 Å². The van der Waals surface area contributed by atoms with Gasteiger partial charge in [-0.15, -0.1) is 0 Å². The maximum absolute atomic E-state index is 14.2. The van der Waals surface area contributed by atoms with Gasteiger partial charge in [0.05, 0.1) is 56.6 Å². The molecule has 3 rings (SSSR count). The van der Waals surface area contributed by atoms with Crippen molar-refractivity contribution in [2.75, 3.05) is 73.4 Å². The Bertz CT molecular complexity index is 2070. The van der Waals surface area contributed by atoms with E-state index in [0.29, 0.717) is 76.8 Å². The maximum Gasteiger partial charge on any atom is 0.328 e. The molecule has 14 atom stereocenters. The van der Waals surface area contributed by atoms with Crippen molar-refractivity contribution in [3.8, 4) is 0 Å². The van der Waals surface area contributed by atoms with Crippen LogP contribution in [0, 0.1) is 29.6 Å². The third-order valence-corrected chi connectivity index (χ3v) is 16.1. The highest BCUT2D eigenvalue weighted by atomic mass is 32.2. The van der Waals surface area contributed by atoms with E-state index in [0.717, 1.165) is 16.9 Å². The zero-order valence-electron chi connectivity index (χ0n) is 46.9. The van der Waals surface area contributed by atoms with Crippen molar-refractivity contribution in [3.05, 3.63) is 47.6 Å². The summed E-state index contributed by atoms with van der Waals surface area (Å²) < 4.78 is 70.1. The number of amides is 1. The number of allylic oxidation sites excluding steroid dienone is 6. The first kappa shape index (κ1) is 65.8. The first-order valence-corrected chi connectivity index (χ1v) is 28.8. The largest absolute Gasteiger partial charge is 0.460 e. The summed E-state index contributed by atoms with van der Waals surface area (Å²) in [4.78, 5) is 71.2. The zero-order valence-corrected chi connectivity index (χ0v) is 47.7. The van der Waals surface area contributed by atoms with Crippen LogP contribution in [0.4, 0.5) is 0 Å². The highest BCUT2D eigenvalue weighted by Gasteiger charge is 2.52. The number of carbonyl (C=O) groups excluding carboxylic acids is 5. The molecule has 3 aliphatic rings. The number of hydrogen-bond acceptors (Lipinski definition) is 17. The number of carbonyl (C=O) groups is 5. The fraction of sp³-hybridized carbons (Fsp3) is 0.768. The number of ether oxygens (including phenoxy) is 8. The lowest BCUT2D eigenvalue weighted by Crippen LogP contribution is -2.59. The van der Waals surface area contributed by atoms with Crippen molar-refractivity contribution in [1.82, 2.24) is 4.90 Å². The van der Waals surface area contributed by atoms with Gasteiger partial charge >= 0.3 is 5.97 Å². The second-order valence-electron chi connectivity index (χ2n) is 21.1. The molecule has 19 heteroatoms. The molecule has 1 saturated heterocycles. The van der Waals surface area contributed by atoms with Gasteiger partial charge in [-0.3, -0.25) is 19.2 Å². The van der Waals surface area contributed by atoms with Crippen LogP contribution in [0.1, 0.15) is 119 Å². The van der Waals surface area contributed by atoms with Crippen LogP contribution in [0.15, 0.2) is 47.6 Å². The first-order chi connectivity index (χ1) is 35.4. The number of ketones is 3. The molecule has 0 spiro atoms. The minimum absolute atomic E-state index is 0.0196. The number of rotatable bonds is 17. The van der Waals surface area contributed by atoms with Gasteiger partial charge in [-0.25, -0.2) is 13.2 Å². The molecule has 0 radical (unpaired) electrons. The Balaban J connectivity index is 1.98. The highest BCUT2D eigenvalue weighted by molar-refractivity contribution is 7.90. The van der Waals surface area contributed by atoms with Crippen LogP contribution < -0.4 is 0 Å². The van der Waals surface area contributed by atoms with E-state index in [1.165, 1.54) is 27.3 Å². The fourth-order valence-corrected chi connectivity index (χ4v) is 10.5. The maximum atomic E-state index is 14.2. The summed E-state index contributed by atoms with van der Waals surface area (Å²) in [5.41, 5.74) is 1.18. The summed E-state index contributed by atoms with van der Waals surface area (Å²) >= 11 is 0. The summed E-state index contributed by atoms with van der Waals surface area (Å²) in [5, 5.41) is 23.4. The second-order valence-corrected chi connectivity index (χ2v) is 23.4. The number of likely N-dealkylation sites (N-methyl/N-ethyl adjacent to an activating group) is 1. The van der Waals surface area contributed by atoms with Crippen molar-refractivity contribution in [3.63, 3.8) is 0 Å². The molecule has 2 N–H and O–H groups in total. The Morgan fingerprint density at radius 1 is 0.840 bits per heavy atom. The lowest BCUT2D eigenvalue weighted by Gasteiger charge is -2.41. The van der Waals surface area contributed by atoms with Crippen LogP contribution in [-0.2, 0) is 71.7 Å². The third kappa shape index (κ3) is 21.0. The molecule has 0 aromatic carbocycles. The number of hydrogen-bond donors (Lipinski definition) is 2. The molecule has 18 nitrogen and oxygen atoms in total. The molecule has 428 valence electrons. The number of nitrogens with zero attached hydrogens (tertiary/aromatic N) is 1. The van der Waals surface area contributed by atoms with E-state index >= 15 is 0 Å². The van der Waals surface area contributed by atoms with E-state index < -0.39 is 93.5 Å². The van der Waals surface area contributed by atoms with E-state index in [2.05, 4.69) is 0 Å². The summed E-state index contributed by atoms with van der Waals surface area (Å²) in [5.74, 6) is -8.71. The summed E-state index contributed by atoms with van der Waals surface area (Å²) in [7, 11) is 2.68. The summed E-state index contributed by atoms with van der Waals surface area (Å²) in [6.07, 6.45) is 11.6. The Morgan fingerprint density at radius 3 is 2.21 bits per heavy atom. The predicted octanol–water partition coefficient (Wildman–Crippen LogP) is 5.89. The number of methoxy groups -OCH3 is 3. The van der Waals surface area contributed by atoms with Crippen molar-refractivity contribution < 1.29 is 80.5 Å². The quantitative estimate of drug-likeness (QED) is 0.0747. The van der Waals surface area contributed by atoms with Crippen LogP contribution in [0.25, 0.3) is 0 Å². The molecule has 1 saturated carbocycles. The molecule has 75 heavy (non-hydrogen) atoms. The number of aliphatic hydroxyl groups excluding tert-OH is 1. The van der Waals surface area contributed by atoms with Crippen LogP contribution in [0.5, 0.6) is 0 Å². The van der Waals surface area contributed by atoms with E-state index in [9.17, 15) is 42.6 Å². The molecule has 2 bridgehead atoms. The third-order valence-electron chi connectivity index (χ3n) is 15.1. The van der Waals surface area contributed by atoms with Gasteiger partial charge in [0.2, 0.25) is 5.79 Å². The average molecular weight is 1080 g/mol. The fourth-order valence-electron chi connectivity index (χ4n) is 9.88. The molecular formula is C56H91NO17S. The van der Waals surface area contributed by atoms with Gasteiger partial charge in [0, 0.05) is 71.8 Å². The van der Waals surface area contributed by atoms with E-state index in [1.807, 2.05) is 44.2 Å². The monoisotopic (exact) mass is 1080 g/mol. The summed E-state index contributed by atoms with van der Waals surface area (Å²) in [6.45, 7) is 13.5. The van der Waals surface area contributed by atoms with Crippen molar-refractivity contribution in [2.24, 2.45) is 29.6 Å². The lowest BCUT2D eigenvalue weighted by molar-refractivity contribution is -0.266. The predicted molar refractivity (Wildman–Crippen MR) is 283 cm³/mol. The zero-order chi connectivity index (χ0) is 56.0. The van der Waals surface area contributed by atoms with Gasteiger partial charge in [-0.2, -0.15) is 0 Å². The number of cyclic esters (lactones) is 1. The van der Waals surface area contributed by atoms with Crippen LogP contribution in [-0.4, -0.2) is 181 Å². The molecule has 2 aliphatic heterocycles. The molecule has 0 aromatic rings. The van der Waals surface area contributed by atoms with Gasteiger partial charge in [0.15, 0.2) is 5.78 Å². The lowest BCUT2D eigenvalue weighted by atomic mass is 9.78. The molecular weight excluding hydrogens is 991 g/mol. The number of fused-ring (bicyclic) bond motifs is 2. The number of aliphatic hydroxyl groups is 2. The molecule has 0 aromatic heterocycles. The topological polar surface area (TPSA) is 237 Å². The number of sulfone groups is 1. The van der Waals surface area contributed by atoms with Gasteiger partial charge in [-0.1, -0.05) is 64.2 Å². The SMILES string of the molecule is COCCOCCOC1C[C@H]2CC[C@H](C)[C@](O)(O2)C(=O)C(=O)N(C)C(C)C(=O)OC([C@H](C)C[C@@H]2CC[C@@H](OCCCS(C)(=O)=O)[C@H](OC)C2)CC(=O)C(C)/C=C(\C)C(O)C(OC)C(=O)C(C)CC/C=C/C=C/C=C/1C. The minimum atomic E-state index is -3.13. The molecule has 7 unspecified atom stereocenters. The van der Waals surface area contributed by atoms with Gasteiger partial charge < -0.3 is 53.0 Å². The number of esters is 1. The number of Topliss-reactive ketones (excluding diaryl/α,β-unsaturated/α-hetero) is 3. The van der Waals surface area contributed by atoms with Crippen LogP contribution in [0.3, 0.4) is 0 Å². The van der Waals surface area contributed by atoms with Gasteiger partial charge in [-0.05, 0) is 102 Å². The van der Waals surface area contributed by atoms with Gasteiger partial charge in [0.25, 0.3) is 11.7 Å². The molecule has 1 aliphatic carbocycles. The highest BCUT2D eigenvalue weighted by Crippen LogP contribution is 2.37. The Kier molecular flexibility index (Phi) is 28.4. The Hall–Kier alpha value is -3.50. The van der Waals surface area contributed by atoms with Crippen LogP contribution in [0.2, 0.25) is 0 Å². The van der Waals surface area contributed by atoms with Crippen molar-refractivity contribution >= 4 is 39.1 Å². The second kappa shape index (κ2) is 32.4. The molecule has 1 amide bonds. The average Bonchev–Trinajstić information content (AvgIpc) is 3.37. The van der Waals surface area contributed by atoms with E-state index in [4.69, 9.17) is 37.9 Å². The minimum Gasteiger partial charge on any atom is -0.460 e. The van der Waals surface area contributed by atoms with Crippen molar-refractivity contribution in [1.29, 1.82) is 0 Å². The van der Waals surface area contributed by atoms with E-state index in [1.54, 1.807) is 48.0 Å². The van der Waals surface area contributed by atoms with E-state index in [-0.39, 0.29) is 61.5 Å². The first-order valence-electron chi connectivity index (χ1n) is 26.8. The Labute approximate surface area is 447 Å². The smallest absolute Gasteiger partial charge is 0.328 e. The molecule has 2 heterocycles. The van der Waals surface area contributed by atoms with Crippen molar-refractivity contribution in [2.45, 2.75) is 174 Å². The standard InChI is InChI=1S/C56H91NO17S/c1-36-19-16-14-13-15-17-20-37(2)50(59)52(69-11)51(60)40(5)31-38(3)45(58)35-48(39(4)32-43-22-24-46(49(33-43)68-10)71-25-18-30-75(12,65)66)73-55(63)42(7)57(8)54(62)53(61)56(64)41(6)21-23-44(74-56)34-47(36)72-29-28-70-27-26-67-9/h13-16,19,31,37-39,41-44,46-49,51-52,60,64H,17-18,20-30,32-35H2,1-12H3/b15-13+,16-14+,36-19+,40-31+/t37?,38?,39-,41+,42?,43+,44-,46-,47?,48?,49-,51?,52?,56+/m1/s1. The van der Waals surface area contributed by atoms with Gasteiger partial charge in [0.1, 0.15) is 40.0 Å².